The lowest BCUT2D eigenvalue weighted by Gasteiger charge is -2.23. The van der Waals surface area contributed by atoms with Crippen molar-refractivity contribution in [2.75, 3.05) is 13.2 Å². The Hall–Kier alpha value is -2.41. The normalized spacial score (nSPS) is 17.0. The smallest absolute Gasteiger partial charge is 0.353 e. The van der Waals surface area contributed by atoms with Gasteiger partial charge < -0.3 is 20.0 Å². The number of hydrogen-bond donors (Lipinski definition) is 2. The Bertz CT molecular complexity index is 544. The molecule has 1 aromatic rings. The van der Waals surface area contributed by atoms with Crippen LogP contribution in [0.4, 0.5) is 0 Å². The minimum atomic E-state index is -1.19. The number of rotatable bonds is 6. The van der Waals surface area contributed by atoms with E-state index in [9.17, 15) is 9.59 Å². The molecule has 2 rings (SSSR count). The molecule has 1 aromatic carbocycles. The van der Waals surface area contributed by atoms with Crippen molar-refractivity contribution in [3.8, 4) is 0 Å². The van der Waals surface area contributed by atoms with Gasteiger partial charge >= 0.3 is 5.97 Å². The van der Waals surface area contributed by atoms with E-state index in [2.05, 4.69) is 5.16 Å². The summed E-state index contributed by atoms with van der Waals surface area (Å²) in [5.41, 5.74) is 0.744. The largest absolute Gasteiger partial charge is 0.477 e. The van der Waals surface area contributed by atoms with Gasteiger partial charge in [-0.1, -0.05) is 35.5 Å². The molecule has 0 radical (unpaired) electrons. The molecule has 7 nitrogen and oxygen atoms in total. The van der Waals surface area contributed by atoms with Crippen LogP contribution in [0.3, 0.4) is 0 Å². The summed E-state index contributed by atoms with van der Waals surface area (Å²) in [7, 11) is 0. The Morgan fingerprint density at radius 3 is 2.62 bits per heavy atom. The molecule has 2 N–H and O–H groups in total. The molecule has 7 heteroatoms. The number of nitrogens with zero attached hydrogens (tertiary/aromatic N) is 2. The van der Waals surface area contributed by atoms with Crippen LogP contribution < -0.4 is 0 Å². The van der Waals surface area contributed by atoms with Gasteiger partial charge in [-0.25, -0.2) is 4.79 Å². The highest BCUT2D eigenvalue weighted by molar-refractivity contribution is 6.36. The van der Waals surface area contributed by atoms with Crippen LogP contribution in [-0.4, -0.2) is 52.0 Å². The summed E-state index contributed by atoms with van der Waals surface area (Å²) >= 11 is 0. The van der Waals surface area contributed by atoms with E-state index < -0.39 is 12.1 Å². The second-order valence-electron chi connectivity index (χ2n) is 4.61. The Morgan fingerprint density at radius 2 is 2.05 bits per heavy atom. The maximum atomic E-state index is 12.3. The zero-order chi connectivity index (χ0) is 15.2. The van der Waals surface area contributed by atoms with Crippen molar-refractivity contribution in [1.29, 1.82) is 0 Å². The third-order valence-corrected chi connectivity index (χ3v) is 3.09. The summed E-state index contributed by atoms with van der Waals surface area (Å²) in [5, 5.41) is 21.3. The zero-order valence-corrected chi connectivity index (χ0v) is 11.3. The second-order valence-corrected chi connectivity index (χ2v) is 4.61. The Balaban J connectivity index is 2.02. The van der Waals surface area contributed by atoms with E-state index >= 15 is 0 Å². The van der Waals surface area contributed by atoms with E-state index in [1.54, 1.807) is 0 Å². The van der Waals surface area contributed by atoms with E-state index in [1.807, 2.05) is 30.3 Å². The van der Waals surface area contributed by atoms with E-state index in [0.717, 1.165) is 5.56 Å². The first kappa shape index (κ1) is 15.0. The van der Waals surface area contributed by atoms with Crippen molar-refractivity contribution in [2.24, 2.45) is 5.16 Å². The minimum absolute atomic E-state index is 0.0646. The van der Waals surface area contributed by atoms with Gasteiger partial charge in [0.2, 0.25) is 6.10 Å². The Labute approximate surface area is 121 Å². The van der Waals surface area contributed by atoms with Gasteiger partial charge in [-0.15, -0.1) is 0 Å². The molecule has 21 heavy (non-hydrogen) atoms. The summed E-state index contributed by atoms with van der Waals surface area (Å²) in [5.74, 6) is -1.57. The summed E-state index contributed by atoms with van der Waals surface area (Å²) in [6.07, 6.45) is -1.00. The van der Waals surface area contributed by atoms with E-state index in [4.69, 9.17) is 15.1 Å². The van der Waals surface area contributed by atoms with Crippen molar-refractivity contribution < 1.29 is 24.6 Å². The molecule has 0 bridgehead atoms. The number of carbonyl (C=O) groups is 2. The average Bonchev–Trinajstić information content (AvgIpc) is 2.97. The number of benzene rings is 1. The fraction of sp³-hybridized carbons (Fsp3) is 0.357. The molecule has 0 aliphatic carbocycles. The molecule has 0 spiro atoms. The van der Waals surface area contributed by atoms with Crippen LogP contribution in [0.15, 0.2) is 35.5 Å². The van der Waals surface area contributed by atoms with Crippen LogP contribution in [-0.2, 0) is 21.0 Å². The van der Waals surface area contributed by atoms with Crippen molar-refractivity contribution in [3.63, 3.8) is 0 Å². The highest BCUT2D eigenvalue weighted by atomic mass is 16.6. The number of aliphatic hydroxyl groups excluding tert-OH is 1. The molecule has 112 valence electrons. The van der Waals surface area contributed by atoms with Gasteiger partial charge in [-0.3, -0.25) is 4.79 Å². The standard InChI is InChI=1S/C14H16N2O5/c17-7-6-16(9-10-4-2-1-3-5-10)13(18)12-8-11(14(19)20)15-21-12/h1-5,12,17H,6-9H2,(H,19,20). The topological polar surface area (TPSA) is 99.4 Å². The van der Waals surface area contributed by atoms with Gasteiger partial charge in [0.1, 0.15) is 0 Å². The van der Waals surface area contributed by atoms with Crippen LogP contribution in [0.25, 0.3) is 0 Å². The molecule has 0 fully saturated rings. The maximum Gasteiger partial charge on any atom is 0.353 e. The lowest BCUT2D eigenvalue weighted by molar-refractivity contribution is -0.143. The fourth-order valence-corrected chi connectivity index (χ4v) is 2.03. The van der Waals surface area contributed by atoms with E-state index in [1.165, 1.54) is 4.90 Å². The molecule has 1 heterocycles. The molecular formula is C14H16N2O5. The van der Waals surface area contributed by atoms with Crippen molar-refractivity contribution >= 4 is 17.6 Å². The molecule has 0 aromatic heterocycles. The van der Waals surface area contributed by atoms with Gasteiger partial charge in [-0.2, -0.15) is 0 Å². The fourth-order valence-electron chi connectivity index (χ4n) is 2.03. The van der Waals surface area contributed by atoms with Crippen LogP contribution in [0.2, 0.25) is 0 Å². The summed E-state index contributed by atoms with van der Waals surface area (Å²) in [6, 6.07) is 9.32. The summed E-state index contributed by atoms with van der Waals surface area (Å²) in [4.78, 5) is 29.4. The third-order valence-electron chi connectivity index (χ3n) is 3.09. The maximum absolute atomic E-state index is 12.3. The molecular weight excluding hydrogens is 276 g/mol. The van der Waals surface area contributed by atoms with Crippen molar-refractivity contribution in [3.05, 3.63) is 35.9 Å². The number of carbonyl (C=O) groups excluding carboxylic acids is 1. The second kappa shape index (κ2) is 6.85. The van der Waals surface area contributed by atoms with Crippen molar-refractivity contribution in [2.45, 2.75) is 19.1 Å². The Kier molecular flexibility index (Phi) is 4.89. The first-order chi connectivity index (χ1) is 10.1. The number of carboxylic acid groups (broad SMARTS) is 1. The molecule has 1 atom stereocenters. The van der Waals surface area contributed by atoms with Crippen LogP contribution in [0.5, 0.6) is 0 Å². The highest BCUT2D eigenvalue weighted by Crippen LogP contribution is 2.15. The van der Waals surface area contributed by atoms with Gasteiger partial charge in [-0.05, 0) is 5.56 Å². The van der Waals surface area contributed by atoms with Crippen LogP contribution >= 0.6 is 0 Å². The monoisotopic (exact) mass is 292 g/mol. The predicted octanol–water partition coefficient (Wildman–Crippen LogP) is 0.237. The minimum Gasteiger partial charge on any atom is -0.477 e. The predicted molar refractivity (Wildman–Crippen MR) is 73.5 cm³/mol. The van der Waals surface area contributed by atoms with Gasteiger partial charge in [0, 0.05) is 19.5 Å². The molecule has 0 saturated heterocycles. The van der Waals surface area contributed by atoms with Crippen LogP contribution in [0, 0.1) is 0 Å². The van der Waals surface area contributed by atoms with Crippen LogP contribution in [0.1, 0.15) is 12.0 Å². The molecule has 1 aliphatic rings. The number of aliphatic hydroxyl groups is 1. The average molecular weight is 292 g/mol. The van der Waals surface area contributed by atoms with Gasteiger partial charge in [0.05, 0.1) is 6.61 Å². The number of aliphatic carboxylic acids is 1. The first-order valence-electron chi connectivity index (χ1n) is 6.51. The van der Waals surface area contributed by atoms with E-state index in [-0.39, 0.29) is 31.2 Å². The van der Waals surface area contributed by atoms with Crippen molar-refractivity contribution in [1.82, 2.24) is 4.90 Å². The lowest BCUT2D eigenvalue weighted by atomic mass is 10.1. The summed E-state index contributed by atoms with van der Waals surface area (Å²) in [6.45, 7) is 0.288. The van der Waals surface area contributed by atoms with Gasteiger partial charge in [0.15, 0.2) is 5.71 Å². The molecule has 0 saturated carbocycles. The first-order valence-corrected chi connectivity index (χ1v) is 6.51. The number of carboxylic acids is 1. The SMILES string of the molecule is O=C(O)C1=NOC(C(=O)N(CCO)Cc2ccccc2)C1. The zero-order valence-electron chi connectivity index (χ0n) is 11.3. The number of hydrogen-bond acceptors (Lipinski definition) is 5. The van der Waals surface area contributed by atoms with Gasteiger partial charge in [0.25, 0.3) is 5.91 Å². The lowest BCUT2D eigenvalue weighted by Crippen LogP contribution is -2.40. The Morgan fingerprint density at radius 1 is 1.33 bits per heavy atom. The number of oxime groups is 1. The number of amides is 1. The highest BCUT2D eigenvalue weighted by Gasteiger charge is 2.34. The third kappa shape index (κ3) is 3.79. The summed E-state index contributed by atoms with van der Waals surface area (Å²) < 4.78 is 0. The quantitative estimate of drug-likeness (QED) is 0.782. The van der Waals surface area contributed by atoms with E-state index in [0.29, 0.717) is 6.54 Å². The molecule has 1 unspecified atom stereocenters. The molecule has 1 amide bonds. The molecule has 1 aliphatic heterocycles.